The van der Waals surface area contributed by atoms with Gasteiger partial charge in [-0.2, -0.15) is 13.2 Å². The Kier molecular flexibility index (Phi) is 7.15. The maximum Gasteiger partial charge on any atom is 0.401 e. The van der Waals surface area contributed by atoms with Crippen LogP contribution >= 0.6 is 11.8 Å². The molecule has 0 aromatic heterocycles. The molecule has 0 saturated carbocycles. The van der Waals surface area contributed by atoms with Crippen molar-refractivity contribution in [3.63, 3.8) is 0 Å². The number of thioether (sulfide) groups is 1. The molecule has 2 N–H and O–H groups in total. The molecule has 0 aliphatic carbocycles. The molecule has 0 saturated heterocycles. The summed E-state index contributed by atoms with van der Waals surface area (Å²) in [7, 11) is 0. The SMILES string of the molecule is FC(F)(F)CNCCCNCSc1ccccc1. The van der Waals surface area contributed by atoms with E-state index in [9.17, 15) is 13.2 Å². The molecule has 1 aromatic carbocycles. The fraction of sp³-hybridized carbons (Fsp3) is 0.500. The molecule has 6 heteroatoms. The quantitative estimate of drug-likeness (QED) is 0.434. The first-order valence-electron chi connectivity index (χ1n) is 5.74. The monoisotopic (exact) mass is 278 g/mol. The highest BCUT2D eigenvalue weighted by Gasteiger charge is 2.25. The average molecular weight is 278 g/mol. The number of benzene rings is 1. The fourth-order valence-corrected chi connectivity index (χ4v) is 2.05. The lowest BCUT2D eigenvalue weighted by atomic mass is 10.4. The lowest BCUT2D eigenvalue weighted by Crippen LogP contribution is -2.30. The van der Waals surface area contributed by atoms with Gasteiger partial charge in [-0.25, -0.2) is 0 Å². The molecule has 0 aliphatic heterocycles. The Bertz CT molecular complexity index is 317. The fourth-order valence-electron chi connectivity index (χ4n) is 1.29. The van der Waals surface area contributed by atoms with Crippen molar-refractivity contribution in [3.8, 4) is 0 Å². The summed E-state index contributed by atoms with van der Waals surface area (Å²) in [4.78, 5) is 1.18. The Morgan fingerprint density at radius 1 is 1.00 bits per heavy atom. The maximum absolute atomic E-state index is 11.8. The lowest BCUT2D eigenvalue weighted by Gasteiger charge is -2.08. The number of hydrogen-bond acceptors (Lipinski definition) is 3. The van der Waals surface area contributed by atoms with Crippen LogP contribution in [0.2, 0.25) is 0 Å². The van der Waals surface area contributed by atoms with Crippen LogP contribution in [-0.4, -0.2) is 31.7 Å². The molecule has 0 atom stereocenters. The summed E-state index contributed by atoms with van der Waals surface area (Å²) in [5.74, 6) is 0.767. The summed E-state index contributed by atoms with van der Waals surface area (Å²) >= 11 is 1.68. The van der Waals surface area contributed by atoms with Crippen molar-refractivity contribution in [3.05, 3.63) is 30.3 Å². The van der Waals surface area contributed by atoms with Crippen LogP contribution in [-0.2, 0) is 0 Å². The van der Waals surface area contributed by atoms with Gasteiger partial charge in [0.25, 0.3) is 0 Å². The Labute approximate surface area is 109 Å². The van der Waals surface area contributed by atoms with Crippen molar-refractivity contribution < 1.29 is 13.2 Å². The Hall–Kier alpha value is -0.720. The van der Waals surface area contributed by atoms with Crippen LogP contribution in [0.1, 0.15) is 6.42 Å². The Balaban J connectivity index is 1.90. The van der Waals surface area contributed by atoms with E-state index < -0.39 is 12.7 Å². The third kappa shape index (κ3) is 8.38. The summed E-state index contributed by atoms with van der Waals surface area (Å²) in [5.41, 5.74) is 0. The van der Waals surface area contributed by atoms with Gasteiger partial charge in [0.15, 0.2) is 0 Å². The summed E-state index contributed by atoms with van der Waals surface area (Å²) in [6, 6.07) is 9.96. The van der Waals surface area contributed by atoms with Gasteiger partial charge in [0.1, 0.15) is 0 Å². The predicted octanol–water partition coefficient (Wildman–Crippen LogP) is 2.87. The van der Waals surface area contributed by atoms with Gasteiger partial charge in [-0.05, 0) is 31.6 Å². The molecular formula is C12H17F3N2S. The second kappa shape index (κ2) is 8.39. The molecule has 0 fully saturated rings. The molecule has 1 aromatic rings. The molecular weight excluding hydrogens is 261 g/mol. The zero-order chi connectivity index (χ0) is 13.3. The van der Waals surface area contributed by atoms with Crippen LogP contribution in [0.15, 0.2) is 35.2 Å². The van der Waals surface area contributed by atoms with E-state index in [1.165, 1.54) is 4.90 Å². The summed E-state index contributed by atoms with van der Waals surface area (Å²) in [5, 5.41) is 5.54. The highest BCUT2D eigenvalue weighted by molar-refractivity contribution is 7.99. The molecule has 1 rings (SSSR count). The molecule has 0 bridgehead atoms. The van der Waals surface area contributed by atoms with E-state index in [1.54, 1.807) is 11.8 Å². The van der Waals surface area contributed by atoms with Crippen LogP contribution in [0.3, 0.4) is 0 Å². The molecule has 0 spiro atoms. The lowest BCUT2D eigenvalue weighted by molar-refractivity contribution is -0.124. The van der Waals surface area contributed by atoms with Crippen molar-refractivity contribution in [2.24, 2.45) is 0 Å². The van der Waals surface area contributed by atoms with Gasteiger partial charge in [0, 0.05) is 10.8 Å². The summed E-state index contributed by atoms with van der Waals surface area (Å²) in [6.45, 7) is 0.180. The molecule has 102 valence electrons. The standard InChI is InChI=1S/C12H17F3N2S/c13-12(14,15)9-16-7-4-8-17-10-18-11-5-2-1-3-6-11/h1-3,5-6,16-17H,4,7-10H2. The Morgan fingerprint density at radius 2 is 1.67 bits per heavy atom. The minimum Gasteiger partial charge on any atom is -0.309 e. The second-order valence-electron chi connectivity index (χ2n) is 3.75. The van der Waals surface area contributed by atoms with Gasteiger partial charge in [-0.1, -0.05) is 18.2 Å². The second-order valence-corrected chi connectivity index (χ2v) is 4.80. The molecule has 0 radical (unpaired) electrons. The largest absolute Gasteiger partial charge is 0.401 e. The molecule has 0 unspecified atom stereocenters. The highest BCUT2D eigenvalue weighted by atomic mass is 32.2. The van der Waals surface area contributed by atoms with Crippen LogP contribution in [0, 0.1) is 0 Å². The van der Waals surface area contributed by atoms with Gasteiger partial charge in [0.05, 0.1) is 6.54 Å². The third-order valence-corrected chi connectivity index (χ3v) is 3.07. The first-order valence-corrected chi connectivity index (χ1v) is 6.72. The highest BCUT2D eigenvalue weighted by Crippen LogP contribution is 2.15. The average Bonchev–Trinajstić information content (AvgIpc) is 2.32. The van der Waals surface area contributed by atoms with E-state index in [2.05, 4.69) is 10.6 Å². The molecule has 2 nitrogen and oxygen atoms in total. The number of rotatable bonds is 8. The first-order chi connectivity index (χ1) is 8.58. The van der Waals surface area contributed by atoms with Crippen LogP contribution in [0.25, 0.3) is 0 Å². The van der Waals surface area contributed by atoms with Crippen molar-refractivity contribution >= 4 is 11.8 Å². The van der Waals surface area contributed by atoms with E-state index in [0.29, 0.717) is 19.5 Å². The zero-order valence-electron chi connectivity index (χ0n) is 9.96. The van der Waals surface area contributed by atoms with Crippen molar-refractivity contribution in [1.29, 1.82) is 0 Å². The minimum atomic E-state index is -4.11. The maximum atomic E-state index is 11.8. The smallest absolute Gasteiger partial charge is 0.309 e. The Morgan fingerprint density at radius 3 is 2.33 bits per heavy atom. The van der Waals surface area contributed by atoms with E-state index >= 15 is 0 Å². The van der Waals surface area contributed by atoms with Crippen molar-refractivity contribution in [2.45, 2.75) is 17.5 Å². The van der Waals surface area contributed by atoms with Crippen molar-refractivity contribution in [1.82, 2.24) is 10.6 Å². The van der Waals surface area contributed by atoms with Gasteiger partial charge in [-0.3, -0.25) is 0 Å². The zero-order valence-corrected chi connectivity index (χ0v) is 10.8. The summed E-state index contributed by atoms with van der Waals surface area (Å²) < 4.78 is 35.4. The number of alkyl halides is 3. The van der Waals surface area contributed by atoms with Gasteiger partial charge in [-0.15, -0.1) is 11.8 Å². The number of hydrogen-bond donors (Lipinski definition) is 2. The minimum absolute atomic E-state index is 0.377. The van der Waals surface area contributed by atoms with E-state index in [-0.39, 0.29) is 0 Å². The molecule has 0 heterocycles. The number of nitrogens with one attached hydrogen (secondary N) is 2. The third-order valence-electron chi connectivity index (χ3n) is 2.12. The number of halogens is 3. The van der Waals surface area contributed by atoms with Crippen LogP contribution < -0.4 is 10.6 Å². The van der Waals surface area contributed by atoms with E-state index in [0.717, 1.165) is 5.88 Å². The van der Waals surface area contributed by atoms with Gasteiger partial charge >= 0.3 is 6.18 Å². The van der Waals surface area contributed by atoms with E-state index in [1.807, 2.05) is 30.3 Å². The van der Waals surface area contributed by atoms with Crippen LogP contribution in [0.5, 0.6) is 0 Å². The molecule has 0 amide bonds. The van der Waals surface area contributed by atoms with Gasteiger partial charge in [0.2, 0.25) is 0 Å². The normalized spacial score (nSPS) is 11.7. The summed E-state index contributed by atoms with van der Waals surface area (Å²) in [6.07, 6.45) is -3.43. The topological polar surface area (TPSA) is 24.1 Å². The molecule has 0 aliphatic rings. The van der Waals surface area contributed by atoms with Gasteiger partial charge < -0.3 is 10.6 Å². The van der Waals surface area contributed by atoms with Crippen molar-refractivity contribution in [2.75, 3.05) is 25.5 Å². The molecule has 18 heavy (non-hydrogen) atoms. The predicted molar refractivity (Wildman–Crippen MR) is 68.7 cm³/mol. The van der Waals surface area contributed by atoms with E-state index in [4.69, 9.17) is 0 Å². The van der Waals surface area contributed by atoms with Crippen LogP contribution in [0.4, 0.5) is 13.2 Å². The first kappa shape index (κ1) is 15.3.